The zero-order chi connectivity index (χ0) is 19.0. The van der Waals surface area contributed by atoms with E-state index in [1.807, 2.05) is 4.90 Å². The molecule has 27 heavy (non-hydrogen) atoms. The van der Waals surface area contributed by atoms with Crippen molar-refractivity contribution >= 4 is 11.8 Å². The number of aromatic nitrogens is 2. The van der Waals surface area contributed by atoms with E-state index in [0.29, 0.717) is 24.4 Å². The predicted molar refractivity (Wildman–Crippen MR) is 96.9 cm³/mol. The van der Waals surface area contributed by atoms with E-state index in [4.69, 9.17) is 9.72 Å². The quantitative estimate of drug-likeness (QED) is 0.840. The molecule has 1 aliphatic carbocycles. The van der Waals surface area contributed by atoms with Crippen LogP contribution in [0.1, 0.15) is 55.2 Å². The summed E-state index contributed by atoms with van der Waals surface area (Å²) in [6, 6.07) is -0.141. The van der Waals surface area contributed by atoms with E-state index in [2.05, 4.69) is 4.98 Å². The van der Waals surface area contributed by atoms with Gasteiger partial charge in [-0.2, -0.15) is 0 Å². The van der Waals surface area contributed by atoms with Crippen molar-refractivity contribution in [1.82, 2.24) is 19.8 Å². The number of ether oxygens (including phenoxy) is 1. The van der Waals surface area contributed by atoms with Crippen molar-refractivity contribution in [3.05, 3.63) is 27.4 Å². The molecule has 1 aromatic rings. The van der Waals surface area contributed by atoms with E-state index in [0.717, 1.165) is 44.3 Å². The van der Waals surface area contributed by atoms with Gasteiger partial charge in [0.2, 0.25) is 11.8 Å². The van der Waals surface area contributed by atoms with Crippen LogP contribution in [0.15, 0.2) is 4.79 Å². The number of fused-ring (bicyclic) bond motifs is 1. The minimum absolute atomic E-state index is 0.0130. The molecule has 1 aromatic heterocycles. The van der Waals surface area contributed by atoms with Crippen molar-refractivity contribution in [2.24, 2.45) is 5.92 Å². The fourth-order valence-electron chi connectivity index (χ4n) is 4.07. The van der Waals surface area contributed by atoms with Crippen LogP contribution >= 0.6 is 0 Å². The maximum Gasteiger partial charge on any atom is 0.256 e. The summed E-state index contributed by atoms with van der Waals surface area (Å²) in [5, 5.41) is 0. The number of rotatable bonds is 4. The molecule has 0 unspecified atom stereocenters. The molecule has 0 aromatic carbocycles. The molecule has 146 valence electrons. The minimum Gasteiger partial charge on any atom is -0.375 e. The van der Waals surface area contributed by atoms with E-state index >= 15 is 0 Å². The van der Waals surface area contributed by atoms with Gasteiger partial charge in [-0.15, -0.1) is 0 Å². The summed E-state index contributed by atoms with van der Waals surface area (Å²) >= 11 is 0. The van der Waals surface area contributed by atoms with Gasteiger partial charge in [0.1, 0.15) is 12.4 Å². The van der Waals surface area contributed by atoms with Crippen LogP contribution in [0.4, 0.5) is 0 Å². The summed E-state index contributed by atoms with van der Waals surface area (Å²) in [6.07, 6.45) is 5.35. The summed E-state index contributed by atoms with van der Waals surface area (Å²) in [6.45, 7) is 1.54. The molecule has 8 nitrogen and oxygen atoms in total. The third kappa shape index (κ3) is 3.63. The van der Waals surface area contributed by atoms with E-state index < -0.39 is 0 Å². The van der Waals surface area contributed by atoms with Gasteiger partial charge in [-0.05, 0) is 32.1 Å². The lowest BCUT2D eigenvalue weighted by Gasteiger charge is -2.36. The van der Waals surface area contributed by atoms with E-state index in [1.165, 1.54) is 7.11 Å². The second-order valence-corrected chi connectivity index (χ2v) is 7.69. The Hall–Kier alpha value is -2.22. The maximum atomic E-state index is 12.7. The molecule has 0 bridgehead atoms. The minimum atomic E-state index is -0.200. The van der Waals surface area contributed by atoms with Crippen LogP contribution < -0.4 is 5.56 Å². The Bertz CT molecular complexity index is 801. The molecule has 1 saturated carbocycles. The van der Waals surface area contributed by atoms with Gasteiger partial charge in [0.25, 0.3) is 5.56 Å². The Morgan fingerprint density at radius 2 is 2.04 bits per heavy atom. The zero-order valence-electron chi connectivity index (χ0n) is 15.7. The number of carbonyl (C=O) groups is 2. The second kappa shape index (κ2) is 7.42. The molecule has 3 heterocycles. The van der Waals surface area contributed by atoms with Crippen molar-refractivity contribution in [2.45, 2.75) is 51.1 Å². The Balaban J connectivity index is 1.58. The van der Waals surface area contributed by atoms with Crippen LogP contribution in [-0.2, 0) is 27.3 Å². The third-order valence-electron chi connectivity index (χ3n) is 5.74. The molecule has 2 amide bonds. The van der Waals surface area contributed by atoms with E-state index in [9.17, 15) is 14.4 Å². The average Bonchev–Trinajstić information content (AvgIpc) is 3.52. The number of nitrogens with one attached hydrogen (secondary N) is 1. The molecule has 2 aliphatic heterocycles. The first-order valence-corrected chi connectivity index (χ1v) is 9.77. The molecule has 1 N–H and O–H groups in total. The smallest absolute Gasteiger partial charge is 0.256 e. The highest BCUT2D eigenvalue weighted by Crippen LogP contribution is 2.37. The molecule has 3 aliphatic rings. The van der Waals surface area contributed by atoms with Crippen molar-refractivity contribution in [2.75, 3.05) is 26.8 Å². The zero-order valence-corrected chi connectivity index (χ0v) is 15.7. The van der Waals surface area contributed by atoms with Gasteiger partial charge in [-0.3, -0.25) is 14.4 Å². The summed E-state index contributed by atoms with van der Waals surface area (Å²) in [5.41, 5.74) is 1.10. The highest BCUT2D eigenvalue weighted by Gasteiger charge is 2.39. The highest BCUT2D eigenvalue weighted by atomic mass is 16.5. The SMILES string of the molecule is COCC(=O)N1CCc2nc([C@H]3CCCCN3C(=O)C3CC3)[nH]c(=O)c2C1. The number of methoxy groups -OCH3 is 1. The number of aromatic amines is 1. The standard InChI is InChI=1S/C19H26N4O4/c1-27-11-16(24)22-9-7-14-13(10-22)18(25)21-17(20-14)15-4-2-3-8-23(15)19(26)12-5-6-12/h12,15H,2-11H2,1H3,(H,20,21,25)/t15-/m1/s1. The Labute approximate surface area is 157 Å². The normalized spacial score (nSPS) is 22.5. The van der Waals surface area contributed by atoms with Gasteiger partial charge >= 0.3 is 0 Å². The number of piperidine rings is 1. The number of hydrogen-bond acceptors (Lipinski definition) is 5. The van der Waals surface area contributed by atoms with Crippen molar-refractivity contribution in [1.29, 1.82) is 0 Å². The van der Waals surface area contributed by atoms with Crippen LogP contribution in [-0.4, -0.2) is 58.4 Å². The number of amides is 2. The Morgan fingerprint density at radius 1 is 1.22 bits per heavy atom. The molecule has 1 saturated heterocycles. The molecule has 0 radical (unpaired) electrons. The topological polar surface area (TPSA) is 95.6 Å². The van der Waals surface area contributed by atoms with Crippen LogP contribution in [0.3, 0.4) is 0 Å². The number of likely N-dealkylation sites (tertiary alicyclic amines) is 1. The fraction of sp³-hybridized carbons (Fsp3) is 0.684. The molecule has 2 fully saturated rings. The first-order chi connectivity index (χ1) is 13.1. The second-order valence-electron chi connectivity index (χ2n) is 7.69. The lowest BCUT2D eigenvalue weighted by atomic mass is 9.99. The van der Waals surface area contributed by atoms with Gasteiger partial charge in [-0.25, -0.2) is 4.98 Å². The van der Waals surface area contributed by atoms with Crippen molar-refractivity contribution in [3.63, 3.8) is 0 Å². The average molecular weight is 374 g/mol. The van der Waals surface area contributed by atoms with Gasteiger partial charge in [-0.1, -0.05) is 0 Å². The lowest BCUT2D eigenvalue weighted by molar-refractivity contribution is -0.137. The molecule has 4 rings (SSSR count). The van der Waals surface area contributed by atoms with Crippen LogP contribution in [0.25, 0.3) is 0 Å². The summed E-state index contributed by atoms with van der Waals surface area (Å²) < 4.78 is 4.90. The summed E-state index contributed by atoms with van der Waals surface area (Å²) in [7, 11) is 1.48. The van der Waals surface area contributed by atoms with E-state index in [-0.39, 0.29) is 42.5 Å². The van der Waals surface area contributed by atoms with Gasteiger partial charge in [0.15, 0.2) is 0 Å². The van der Waals surface area contributed by atoms with Crippen LogP contribution in [0.5, 0.6) is 0 Å². The molecule has 1 atom stereocenters. The van der Waals surface area contributed by atoms with Crippen molar-refractivity contribution < 1.29 is 14.3 Å². The van der Waals surface area contributed by atoms with E-state index in [1.54, 1.807) is 4.90 Å². The van der Waals surface area contributed by atoms with Gasteiger partial charge in [0, 0.05) is 32.5 Å². The molecular formula is C19H26N4O4. The first-order valence-electron chi connectivity index (χ1n) is 9.77. The Morgan fingerprint density at radius 3 is 2.78 bits per heavy atom. The van der Waals surface area contributed by atoms with Crippen molar-refractivity contribution in [3.8, 4) is 0 Å². The fourth-order valence-corrected chi connectivity index (χ4v) is 4.07. The number of carbonyl (C=O) groups excluding carboxylic acids is 2. The molecule has 8 heteroatoms. The van der Waals surface area contributed by atoms with Crippen LogP contribution in [0.2, 0.25) is 0 Å². The summed E-state index contributed by atoms with van der Waals surface area (Å²) in [4.78, 5) is 48.6. The number of H-pyrrole nitrogens is 1. The predicted octanol–water partition coefficient (Wildman–Crippen LogP) is 0.765. The highest BCUT2D eigenvalue weighted by molar-refractivity contribution is 5.81. The monoisotopic (exact) mass is 374 g/mol. The number of hydrogen-bond donors (Lipinski definition) is 1. The summed E-state index contributed by atoms with van der Waals surface area (Å²) in [5.74, 6) is 0.843. The van der Waals surface area contributed by atoms with Gasteiger partial charge in [0.05, 0.1) is 23.8 Å². The maximum absolute atomic E-state index is 12.7. The molecular weight excluding hydrogens is 348 g/mol. The third-order valence-corrected chi connectivity index (χ3v) is 5.74. The Kier molecular flexibility index (Phi) is 4.99. The largest absolute Gasteiger partial charge is 0.375 e. The number of nitrogens with zero attached hydrogens (tertiary/aromatic N) is 3. The van der Waals surface area contributed by atoms with Gasteiger partial charge < -0.3 is 19.5 Å². The molecule has 0 spiro atoms. The van der Waals surface area contributed by atoms with Crippen LogP contribution in [0, 0.1) is 5.92 Å². The lowest BCUT2D eigenvalue weighted by Crippen LogP contribution is -2.43. The first kappa shape index (κ1) is 18.2.